The van der Waals surface area contributed by atoms with Crippen molar-refractivity contribution in [1.82, 2.24) is 5.32 Å². The number of nitro groups is 1. The van der Waals surface area contributed by atoms with Gasteiger partial charge in [-0.25, -0.2) is 9.79 Å². The number of aryl methyl sites for hydroxylation is 1. The molecular formula is C24H21N5O4. The number of benzodiazepines with no additional fused rings is 1. The smallest absolute Gasteiger partial charge is 0.311 e. The Kier molecular flexibility index (Phi) is 5.86. The Morgan fingerprint density at radius 1 is 1.03 bits per heavy atom. The maximum absolute atomic E-state index is 13.2. The van der Waals surface area contributed by atoms with Crippen molar-refractivity contribution < 1.29 is 14.5 Å². The number of carbonyl (C=O) groups excluding carboxylic acids is 2. The number of nitrogens with one attached hydrogen (secondary N) is 2. The largest absolute Gasteiger partial charge is 0.321 e. The molecule has 1 atom stereocenters. The van der Waals surface area contributed by atoms with Crippen molar-refractivity contribution in [3.8, 4) is 0 Å². The highest BCUT2D eigenvalue weighted by Gasteiger charge is 2.31. The Labute approximate surface area is 189 Å². The molecule has 4 rings (SSSR count). The second-order valence-electron chi connectivity index (χ2n) is 7.49. The lowest BCUT2D eigenvalue weighted by molar-refractivity contribution is -0.384. The molecule has 0 unspecified atom stereocenters. The molecule has 1 aliphatic heterocycles. The molecule has 33 heavy (non-hydrogen) atoms. The van der Waals surface area contributed by atoms with Gasteiger partial charge >= 0.3 is 6.03 Å². The molecule has 2 N–H and O–H groups in total. The lowest BCUT2D eigenvalue weighted by atomic mass is 10.0. The van der Waals surface area contributed by atoms with Gasteiger partial charge < -0.3 is 15.5 Å². The normalized spacial score (nSPS) is 15.2. The van der Waals surface area contributed by atoms with Crippen molar-refractivity contribution in [3.05, 3.63) is 99.6 Å². The molecule has 0 aromatic heterocycles. The van der Waals surface area contributed by atoms with Crippen LogP contribution in [0.1, 0.15) is 16.7 Å². The fourth-order valence-corrected chi connectivity index (χ4v) is 3.68. The van der Waals surface area contributed by atoms with Crippen LogP contribution in [0.2, 0.25) is 0 Å². The molecule has 9 heteroatoms. The van der Waals surface area contributed by atoms with Crippen molar-refractivity contribution in [2.75, 3.05) is 17.3 Å². The van der Waals surface area contributed by atoms with Crippen molar-refractivity contribution in [3.63, 3.8) is 0 Å². The van der Waals surface area contributed by atoms with Crippen LogP contribution in [-0.2, 0) is 4.79 Å². The molecule has 3 aromatic rings. The summed E-state index contributed by atoms with van der Waals surface area (Å²) in [6, 6.07) is 20.4. The second kappa shape index (κ2) is 8.91. The Bertz CT molecular complexity index is 1270. The molecule has 0 radical (unpaired) electrons. The maximum atomic E-state index is 13.2. The van der Waals surface area contributed by atoms with Gasteiger partial charge in [-0.15, -0.1) is 0 Å². The summed E-state index contributed by atoms with van der Waals surface area (Å²) in [6.45, 7) is 1.65. The fourth-order valence-electron chi connectivity index (χ4n) is 3.68. The Morgan fingerprint density at radius 2 is 1.73 bits per heavy atom. The minimum absolute atomic E-state index is 0.0602. The van der Waals surface area contributed by atoms with Gasteiger partial charge in [0.05, 0.1) is 16.3 Å². The molecule has 3 aromatic carbocycles. The molecule has 1 aliphatic rings. The SMILES string of the molecule is Cc1cccc([N+](=O)[O-])c1NC(=O)N[C@H]1N=C(c2ccccc2)c2ccccc2N(C)C1=O. The molecule has 166 valence electrons. The zero-order valence-electron chi connectivity index (χ0n) is 18.0. The predicted molar refractivity (Wildman–Crippen MR) is 126 cm³/mol. The highest BCUT2D eigenvalue weighted by molar-refractivity contribution is 6.20. The first kappa shape index (κ1) is 21.7. The van der Waals surface area contributed by atoms with Crippen LogP contribution < -0.4 is 15.5 Å². The number of fused-ring (bicyclic) bond motifs is 1. The Hall–Kier alpha value is -4.53. The van der Waals surface area contributed by atoms with Gasteiger partial charge in [0.25, 0.3) is 11.6 Å². The van der Waals surface area contributed by atoms with Crippen LogP contribution in [0.25, 0.3) is 0 Å². The summed E-state index contributed by atoms with van der Waals surface area (Å²) < 4.78 is 0. The summed E-state index contributed by atoms with van der Waals surface area (Å²) in [6.07, 6.45) is -1.24. The maximum Gasteiger partial charge on any atom is 0.321 e. The predicted octanol–water partition coefficient (Wildman–Crippen LogP) is 3.86. The van der Waals surface area contributed by atoms with Crippen LogP contribution in [0, 0.1) is 17.0 Å². The molecule has 0 saturated heterocycles. The van der Waals surface area contributed by atoms with E-state index in [1.54, 1.807) is 20.0 Å². The number of likely N-dealkylation sites (N-methyl/N-ethyl adjacent to an activating group) is 1. The van der Waals surface area contributed by atoms with Gasteiger partial charge in [-0.3, -0.25) is 14.9 Å². The number of para-hydroxylation sites is 2. The molecular weight excluding hydrogens is 422 g/mol. The standard InChI is InChI=1S/C24H21N5O4/c1-15-9-8-14-19(29(32)33)20(15)26-24(31)27-22-23(30)28(2)18-13-7-6-12-17(18)21(25-22)16-10-4-3-5-11-16/h3-14,22H,1-2H3,(H2,26,27,31)/t22-/m1/s1. The average Bonchev–Trinajstić information content (AvgIpc) is 2.91. The molecule has 0 spiro atoms. The molecule has 0 saturated carbocycles. The number of urea groups is 1. The van der Waals surface area contributed by atoms with Gasteiger partial charge in [-0.05, 0) is 18.6 Å². The topological polar surface area (TPSA) is 117 Å². The van der Waals surface area contributed by atoms with E-state index in [1.165, 1.54) is 17.0 Å². The van der Waals surface area contributed by atoms with E-state index < -0.39 is 23.0 Å². The van der Waals surface area contributed by atoms with Gasteiger partial charge in [0.2, 0.25) is 6.17 Å². The van der Waals surface area contributed by atoms with E-state index in [2.05, 4.69) is 15.6 Å². The van der Waals surface area contributed by atoms with Crippen LogP contribution in [0.3, 0.4) is 0 Å². The molecule has 0 bridgehead atoms. The lowest BCUT2D eigenvalue weighted by Crippen LogP contribution is -2.47. The van der Waals surface area contributed by atoms with Gasteiger partial charge in [-0.2, -0.15) is 0 Å². The third-order valence-electron chi connectivity index (χ3n) is 5.34. The number of hydrogen-bond donors (Lipinski definition) is 2. The summed E-state index contributed by atoms with van der Waals surface area (Å²) in [4.78, 5) is 42.8. The van der Waals surface area contributed by atoms with Crippen LogP contribution in [0.4, 0.5) is 21.9 Å². The van der Waals surface area contributed by atoms with Crippen LogP contribution in [0.5, 0.6) is 0 Å². The van der Waals surface area contributed by atoms with Gasteiger partial charge in [0.1, 0.15) is 5.69 Å². The lowest BCUT2D eigenvalue weighted by Gasteiger charge is -2.21. The first-order valence-electron chi connectivity index (χ1n) is 10.2. The molecule has 9 nitrogen and oxygen atoms in total. The van der Waals surface area contributed by atoms with Crippen molar-refractivity contribution >= 4 is 34.7 Å². The van der Waals surface area contributed by atoms with E-state index in [0.29, 0.717) is 17.0 Å². The van der Waals surface area contributed by atoms with Crippen molar-refractivity contribution in [2.24, 2.45) is 4.99 Å². The quantitative estimate of drug-likeness (QED) is 0.470. The molecule has 0 aliphatic carbocycles. The molecule has 0 fully saturated rings. The van der Waals surface area contributed by atoms with Crippen molar-refractivity contribution in [2.45, 2.75) is 13.1 Å². The zero-order chi connectivity index (χ0) is 23.5. The average molecular weight is 443 g/mol. The van der Waals surface area contributed by atoms with E-state index in [-0.39, 0.29) is 11.4 Å². The summed E-state index contributed by atoms with van der Waals surface area (Å²) in [7, 11) is 1.61. The van der Waals surface area contributed by atoms with Gasteiger partial charge in [0.15, 0.2) is 0 Å². The zero-order valence-corrected chi connectivity index (χ0v) is 18.0. The monoisotopic (exact) mass is 443 g/mol. The third-order valence-corrected chi connectivity index (χ3v) is 5.34. The Balaban J connectivity index is 1.70. The van der Waals surface area contributed by atoms with E-state index >= 15 is 0 Å². The van der Waals surface area contributed by atoms with E-state index in [9.17, 15) is 19.7 Å². The molecule has 1 heterocycles. The number of amides is 3. The highest BCUT2D eigenvalue weighted by Crippen LogP contribution is 2.29. The summed E-state index contributed by atoms with van der Waals surface area (Å²) in [5, 5.41) is 16.4. The first-order chi connectivity index (χ1) is 15.9. The number of aliphatic imine (C=N–C) groups is 1. The van der Waals surface area contributed by atoms with Crippen molar-refractivity contribution in [1.29, 1.82) is 0 Å². The highest BCUT2D eigenvalue weighted by atomic mass is 16.6. The third kappa shape index (κ3) is 4.29. The number of nitro benzene ring substituents is 1. The summed E-state index contributed by atoms with van der Waals surface area (Å²) in [5.41, 5.74) is 3.08. The van der Waals surface area contributed by atoms with Crippen LogP contribution in [-0.4, -0.2) is 35.8 Å². The van der Waals surface area contributed by atoms with Gasteiger partial charge in [-0.1, -0.05) is 60.7 Å². The van der Waals surface area contributed by atoms with E-state index in [0.717, 1.165) is 11.1 Å². The van der Waals surface area contributed by atoms with E-state index in [4.69, 9.17) is 0 Å². The number of rotatable bonds is 4. The summed E-state index contributed by atoms with van der Waals surface area (Å²) >= 11 is 0. The molecule has 3 amide bonds. The number of nitrogens with zero attached hydrogens (tertiary/aromatic N) is 3. The number of hydrogen-bond acceptors (Lipinski definition) is 5. The number of anilines is 2. The van der Waals surface area contributed by atoms with Gasteiger partial charge in [0, 0.05) is 24.2 Å². The second-order valence-corrected chi connectivity index (χ2v) is 7.49. The minimum Gasteiger partial charge on any atom is -0.311 e. The van der Waals surface area contributed by atoms with E-state index in [1.807, 2.05) is 54.6 Å². The van der Waals surface area contributed by atoms with Crippen LogP contribution in [0.15, 0.2) is 77.8 Å². The van der Waals surface area contributed by atoms with Crippen LogP contribution >= 0.6 is 0 Å². The number of carbonyl (C=O) groups is 2. The number of benzene rings is 3. The first-order valence-corrected chi connectivity index (χ1v) is 10.2. The minimum atomic E-state index is -1.24. The fraction of sp³-hybridized carbons (Fsp3) is 0.125. The Morgan fingerprint density at radius 3 is 2.45 bits per heavy atom. The summed E-state index contributed by atoms with van der Waals surface area (Å²) in [5.74, 6) is -0.442.